The van der Waals surface area contributed by atoms with Crippen molar-refractivity contribution in [1.82, 2.24) is 14.8 Å². The van der Waals surface area contributed by atoms with Crippen LogP contribution in [0.1, 0.15) is 10.4 Å². The molecule has 0 bridgehead atoms. The summed E-state index contributed by atoms with van der Waals surface area (Å²) >= 11 is 6.95. The number of carbonyl (C=O) groups is 2. The number of nitro groups is 1. The average molecular weight is 494 g/mol. The summed E-state index contributed by atoms with van der Waals surface area (Å²) in [5.74, 6) is -0.596. The maximum atomic E-state index is 13.1. The van der Waals surface area contributed by atoms with Gasteiger partial charge in [-0.05, 0) is 30.3 Å². The quantitative estimate of drug-likeness (QED) is 0.220. The molecule has 3 aromatic carbocycles. The number of rotatable bonds is 7. The molecule has 0 spiro atoms. The van der Waals surface area contributed by atoms with E-state index in [1.807, 2.05) is 30.3 Å². The molecule has 11 heteroatoms. The van der Waals surface area contributed by atoms with E-state index in [0.717, 1.165) is 16.4 Å². The number of anilines is 1. The number of aromatic nitrogens is 3. The van der Waals surface area contributed by atoms with Gasteiger partial charge in [0.25, 0.3) is 11.6 Å². The fraction of sp³-hybridized carbons (Fsp3) is 0.0435. The summed E-state index contributed by atoms with van der Waals surface area (Å²) in [5, 5.41) is 18.6. The molecule has 4 rings (SSSR count). The number of hydrogen-bond acceptors (Lipinski definition) is 7. The van der Waals surface area contributed by atoms with Gasteiger partial charge in [-0.1, -0.05) is 59.8 Å². The van der Waals surface area contributed by atoms with Crippen LogP contribution in [0.2, 0.25) is 5.02 Å². The molecule has 0 saturated heterocycles. The first-order chi connectivity index (χ1) is 16.4. The fourth-order valence-electron chi connectivity index (χ4n) is 2.97. The minimum atomic E-state index is -0.541. The van der Waals surface area contributed by atoms with Crippen LogP contribution in [0.3, 0.4) is 0 Å². The smallest absolute Gasteiger partial charge is 0.280 e. The first kappa shape index (κ1) is 23.1. The summed E-state index contributed by atoms with van der Waals surface area (Å²) in [6.45, 7) is 0. The molecule has 0 fully saturated rings. The van der Waals surface area contributed by atoms with Crippen molar-refractivity contribution in [2.45, 2.75) is 5.16 Å². The van der Waals surface area contributed by atoms with Gasteiger partial charge in [-0.2, -0.15) is 4.68 Å². The molecule has 0 radical (unpaired) electrons. The third kappa shape index (κ3) is 5.48. The zero-order valence-corrected chi connectivity index (χ0v) is 19.0. The number of nitrogens with one attached hydrogen (secondary N) is 1. The molecule has 4 aromatic rings. The Bertz CT molecular complexity index is 1360. The van der Waals surface area contributed by atoms with Gasteiger partial charge in [-0.25, -0.2) is 4.98 Å². The number of halogens is 1. The topological polar surface area (TPSA) is 120 Å². The second-order valence-corrected chi connectivity index (χ2v) is 8.33. The van der Waals surface area contributed by atoms with E-state index >= 15 is 0 Å². The van der Waals surface area contributed by atoms with Crippen molar-refractivity contribution in [1.29, 1.82) is 0 Å². The van der Waals surface area contributed by atoms with E-state index < -0.39 is 16.7 Å². The predicted octanol–water partition coefficient (Wildman–Crippen LogP) is 4.93. The second kappa shape index (κ2) is 10.3. The van der Waals surface area contributed by atoms with Gasteiger partial charge in [0.1, 0.15) is 0 Å². The normalized spacial score (nSPS) is 10.6. The zero-order chi connectivity index (χ0) is 24.1. The third-order valence-corrected chi connectivity index (χ3v) is 5.75. The zero-order valence-electron chi connectivity index (χ0n) is 17.4. The number of benzene rings is 3. The van der Waals surface area contributed by atoms with Crippen LogP contribution in [-0.4, -0.2) is 37.3 Å². The summed E-state index contributed by atoms with van der Waals surface area (Å²) in [4.78, 5) is 40.4. The van der Waals surface area contributed by atoms with Crippen LogP contribution in [0.5, 0.6) is 0 Å². The minimum Gasteiger partial charge on any atom is -0.325 e. The van der Waals surface area contributed by atoms with Crippen LogP contribution >= 0.6 is 23.4 Å². The molecular formula is C23H16ClN5O4S. The number of amides is 1. The molecule has 34 heavy (non-hydrogen) atoms. The van der Waals surface area contributed by atoms with Gasteiger partial charge in [0.15, 0.2) is 11.0 Å². The Labute approximate surface area is 202 Å². The van der Waals surface area contributed by atoms with Gasteiger partial charge in [0.05, 0.1) is 10.7 Å². The Morgan fingerprint density at radius 3 is 2.47 bits per heavy atom. The maximum Gasteiger partial charge on any atom is 0.280 e. The van der Waals surface area contributed by atoms with Crippen molar-refractivity contribution in [2.24, 2.45) is 0 Å². The van der Waals surface area contributed by atoms with E-state index in [4.69, 9.17) is 11.6 Å². The SMILES string of the molecule is O=C(CSc1nc(-c2ccccc2)nn1C(=O)c1ccc(Cl)cc1)Nc1cccc([N+](=O)[O-])c1. The summed E-state index contributed by atoms with van der Waals surface area (Å²) in [6.07, 6.45) is 0. The van der Waals surface area contributed by atoms with Gasteiger partial charge in [-0.15, -0.1) is 5.10 Å². The van der Waals surface area contributed by atoms with Crippen molar-refractivity contribution in [3.8, 4) is 11.4 Å². The van der Waals surface area contributed by atoms with Crippen LogP contribution in [0, 0.1) is 10.1 Å². The van der Waals surface area contributed by atoms with E-state index in [1.165, 1.54) is 18.2 Å². The second-order valence-electron chi connectivity index (χ2n) is 6.95. The molecule has 9 nitrogen and oxygen atoms in total. The molecule has 0 aliphatic rings. The van der Waals surface area contributed by atoms with E-state index in [9.17, 15) is 19.7 Å². The first-order valence-corrected chi connectivity index (χ1v) is 11.3. The number of non-ortho nitro benzene ring substituents is 1. The predicted molar refractivity (Wildman–Crippen MR) is 129 cm³/mol. The van der Waals surface area contributed by atoms with Gasteiger partial charge in [0.2, 0.25) is 5.91 Å². The highest BCUT2D eigenvalue weighted by Gasteiger charge is 2.20. The average Bonchev–Trinajstić information content (AvgIpc) is 3.28. The monoisotopic (exact) mass is 493 g/mol. The number of thioether (sulfide) groups is 1. The molecule has 0 atom stereocenters. The molecule has 0 aliphatic heterocycles. The van der Waals surface area contributed by atoms with Crippen molar-refractivity contribution in [3.05, 3.63) is 99.6 Å². The molecule has 0 unspecified atom stereocenters. The fourth-order valence-corrected chi connectivity index (χ4v) is 3.83. The lowest BCUT2D eigenvalue weighted by Crippen LogP contribution is -2.17. The number of nitrogens with zero attached hydrogens (tertiary/aromatic N) is 4. The van der Waals surface area contributed by atoms with Gasteiger partial charge >= 0.3 is 0 Å². The number of hydrogen-bond donors (Lipinski definition) is 1. The molecule has 0 aliphatic carbocycles. The molecular weight excluding hydrogens is 478 g/mol. The highest BCUT2D eigenvalue weighted by Crippen LogP contribution is 2.24. The standard InChI is InChI=1S/C23H16ClN5O4S/c24-17-11-9-16(10-12-17)22(31)28-23(26-21(27-28)15-5-2-1-3-6-15)34-14-20(30)25-18-7-4-8-19(13-18)29(32)33/h1-13H,14H2,(H,25,30). The van der Waals surface area contributed by atoms with E-state index in [-0.39, 0.29) is 16.6 Å². The van der Waals surface area contributed by atoms with Gasteiger partial charge in [0, 0.05) is 34.0 Å². The summed E-state index contributed by atoms with van der Waals surface area (Å²) in [7, 11) is 0. The minimum absolute atomic E-state index is 0.0937. The van der Waals surface area contributed by atoms with Crippen LogP contribution in [-0.2, 0) is 4.79 Å². The highest BCUT2D eigenvalue weighted by atomic mass is 35.5. The molecule has 1 N–H and O–H groups in total. The van der Waals surface area contributed by atoms with Crippen LogP contribution in [0.15, 0.2) is 84.0 Å². The maximum absolute atomic E-state index is 13.1. The van der Waals surface area contributed by atoms with E-state index in [0.29, 0.717) is 27.7 Å². The van der Waals surface area contributed by atoms with Gasteiger partial charge in [-0.3, -0.25) is 19.7 Å². The molecule has 1 heterocycles. The van der Waals surface area contributed by atoms with Crippen LogP contribution in [0.4, 0.5) is 11.4 Å². The molecule has 0 saturated carbocycles. The highest BCUT2D eigenvalue weighted by molar-refractivity contribution is 7.99. The lowest BCUT2D eigenvalue weighted by Gasteiger charge is -2.06. The Kier molecular flexibility index (Phi) is 7.00. The van der Waals surface area contributed by atoms with Crippen molar-refractivity contribution >= 4 is 46.6 Å². The van der Waals surface area contributed by atoms with Crippen molar-refractivity contribution in [2.75, 3.05) is 11.1 Å². The Morgan fingerprint density at radius 1 is 1.03 bits per heavy atom. The Morgan fingerprint density at radius 2 is 1.76 bits per heavy atom. The third-order valence-electron chi connectivity index (χ3n) is 4.57. The van der Waals surface area contributed by atoms with Gasteiger partial charge < -0.3 is 5.32 Å². The molecule has 1 aromatic heterocycles. The number of nitro benzene ring substituents is 1. The summed E-state index contributed by atoms with van der Waals surface area (Å²) in [5.41, 5.74) is 1.24. The lowest BCUT2D eigenvalue weighted by molar-refractivity contribution is -0.384. The Balaban J connectivity index is 1.56. The Hall–Kier alpha value is -4.02. The van der Waals surface area contributed by atoms with E-state index in [1.54, 1.807) is 30.3 Å². The summed E-state index contributed by atoms with van der Waals surface area (Å²) in [6, 6.07) is 21.1. The molecule has 170 valence electrons. The molecule has 1 amide bonds. The van der Waals surface area contributed by atoms with E-state index in [2.05, 4.69) is 15.4 Å². The first-order valence-electron chi connectivity index (χ1n) is 9.90. The lowest BCUT2D eigenvalue weighted by atomic mass is 10.2. The summed E-state index contributed by atoms with van der Waals surface area (Å²) < 4.78 is 1.15. The number of carbonyl (C=O) groups excluding carboxylic acids is 2. The van der Waals surface area contributed by atoms with Crippen LogP contribution < -0.4 is 5.32 Å². The largest absolute Gasteiger partial charge is 0.325 e. The van der Waals surface area contributed by atoms with Crippen molar-refractivity contribution < 1.29 is 14.5 Å². The van der Waals surface area contributed by atoms with Crippen molar-refractivity contribution in [3.63, 3.8) is 0 Å². The van der Waals surface area contributed by atoms with Crippen LogP contribution in [0.25, 0.3) is 11.4 Å².